The predicted molar refractivity (Wildman–Crippen MR) is 148 cm³/mol. The van der Waals surface area contributed by atoms with Gasteiger partial charge in [0.25, 0.3) is 5.56 Å². The van der Waals surface area contributed by atoms with Gasteiger partial charge in [-0.3, -0.25) is 37.0 Å². The van der Waals surface area contributed by atoms with Crippen LogP contribution in [0.25, 0.3) is 11.2 Å². The topological polar surface area (TPSA) is 242 Å². The Morgan fingerprint density at radius 3 is 2.50 bits per heavy atom. The normalized spacial score (nSPS) is 37.0. The first kappa shape index (κ1) is 33.2. The number of imidazole rings is 1. The minimum Gasteiger partial charge on any atom is -0.382 e. The van der Waals surface area contributed by atoms with Crippen LogP contribution in [0.4, 0.5) is 14.6 Å². The molecule has 0 aliphatic carbocycles. The van der Waals surface area contributed by atoms with Crippen molar-refractivity contribution in [3.05, 3.63) is 45.8 Å². The van der Waals surface area contributed by atoms with Crippen molar-refractivity contribution in [2.45, 2.75) is 49.2 Å². The molecule has 3 aliphatic heterocycles. The van der Waals surface area contributed by atoms with E-state index in [1.165, 1.54) is 10.9 Å². The van der Waals surface area contributed by atoms with Gasteiger partial charge in [-0.25, -0.2) is 42.5 Å². The number of phosphoric acid groups is 1. The molecule has 0 spiro atoms. The maximum absolute atomic E-state index is 16.2. The van der Waals surface area contributed by atoms with Crippen molar-refractivity contribution >= 4 is 43.3 Å². The van der Waals surface area contributed by atoms with Crippen molar-refractivity contribution in [3.63, 3.8) is 0 Å². The van der Waals surface area contributed by atoms with E-state index in [0.29, 0.717) is 0 Å². The average Bonchev–Trinajstić information content (AvgIpc) is 3.66. The molecule has 3 aromatic rings. The SMILES string of the molecule is COOP1(=O)OC[C@H]2O[C@@H](n3cnc4c(N)ncnc43)[C@H](F)[C@@H]2OP(=O)(SOC)OC[C@H]2O[C@@H](n3ccc(=O)[nH]c3=O)[C@H](O1)[C@@H]2F. The number of hydrogen-bond acceptors (Lipinski definition) is 18. The Hall–Kier alpha value is -2.66. The number of alkyl halides is 2. The summed E-state index contributed by atoms with van der Waals surface area (Å²) >= 11 is 0.189. The quantitative estimate of drug-likeness (QED) is 0.158. The summed E-state index contributed by atoms with van der Waals surface area (Å²) in [4.78, 5) is 42.7. The van der Waals surface area contributed by atoms with Gasteiger partial charge in [-0.15, -0.1) is 4.67 Å². The summed E-state index contributed by atoms with van der Waals surface area (Å²) in [6.07, 6.45) is -11.2. The molecule has 6 rings (SSSR count). The van der Waals surface area contributed by atoms with E-state index < -0.39 is 88.3 Å². The Bertz CT molecular complexity index is 1800. The van der Waals surface area contributed by atoms with Crippen LogP contribution in [0.1, 0.15) is 12.5 Å². The molecule has 3 aliphatic rings. The summed E-state index contributed by atoms with van der Waals surface area (Å²) in [5.74, 6) is 0.00828. The minimum atomic E-state index is -4.97. The predicted octanol–water partition coefficient (Wildman–Crippen LogP) is 1.34. The second-order valence-electron chi connectivity index (χ2n) is 9.73. The van der Waals surface area contributed by atoms with Gasteiger partial charge in [0.05, 0.1) is 33.8 Å². The first-order valence-corrected chi connectivity index (χ1v) is 17.4. The Morgan fingerprint density at radius 2 is 1.76 bits per heavy atom. The highest BCUT2D eigenvalue weighted by Crippen LogP contribution is 2.64. The fourth-order valence-corrected chi connectivity index (χ4v) is 8.61. The molecular formula is C21H25F2N7O13P2S. The van der Waals surface area contributed by atoms with Crippen molar-refractivity contribution in [1.29, 1.82) is 0 Å². The Balaban J connectivity index is 1.37. The third-order valence-corrected chi connectivity index (χ3v) is 11.1. The van der Waals surface area contributed by atoms with Crippen molar-refractivity contribution in [3.8, 4) is 0 Å². The van der Waals surface area contributed by atoms with Crippen molar-refractivity contribution in [1.82, 2.24) is 29.1 Å². The summed E-state index contributed by atoms with van der Waals surface area (Å²) in [5.41, 5.74) is 4.27. The monoisotopic (exact) mass is 715 g/mol. The molecule has 2 bridgehead atoms. The van der Waals surface area contributed by atoms with Crippen LogP contribution in [-0.4, -0.2) is 93.3 Å². The van der Waals surface area contributed by atoms with Crippen LogP contribution in [0, 0.1) is 0 Å². The maximum Gasteiger partial charge on any atom is 0.502 e. The van der Waals surface area contributed by atoms with Gasteiger partial charge in [0, 0.05) is 12.3 Å². The molecule has 25 heteroatoms. The number of aromatic amines is 1. The molecule has 20 nitrogen and oxygen atoms in total. The molecule has 46 heavy (non-hydrogen) atoms. The lowest BCUT2D eigenvalue weighted by Crippen LogP contribution is -2.38. The molecule has 3 saturated heterocycles. The fraction of sp³-hybridized carbons (Fsp3) is 0.571. The van der Waals surface area contributed by atoms with Crippen LogP contribution in [0.2, 0.25) is 0 Å². The molecule has 0 saturated carbocycles. The van der Waals surface area contributed by atoms with Crippen LogP contribution in [0.15, 0.2) is 34.5 Å². The summed E-state index contributed by atoms with van der Waals surface area (Å²) in [5, 5.41) is 0. The molecule has 10 atom stereocenters. The second-order valence-corrected chi connectivity index (χ2v) is 14.9. The zero-order chi connectivity index (χ0) is 32.8. The van der Waals surface area contributed by atoms with E-state index in [-0.39, 0.29) is 28.6 Å². The molecule has 3 fully saturated rings. The van der Waals surface area contributed by atoms with Gasteiger partial charge in [0.1, 0.15) is 47.9 Å². The number of phosphoric ester groups is 1. The summed E-state index contributed by atoms with van der Waals surface area (Å²) in [7, 11) is -2.88. The van der Waals surface area contributed by atoms with E-state index in [1.807, 2.05) is 4.98 Å². The highest BCUT2D eigenvalue weighted by Gasteiger charge is 2.56. The summed E-state index contributed by atoms with van der Waals surface area (Å²) < 4.78 is 105. The number of nitrogens with one attached hydrogen (secondary N) is 1. The highest BCUT2D eigenvalue weighted by molar-refractivity contribution is 8.52. The number of nitrogens with two attached hydrogens (primary N) is 1. The van der Waals surface area contributed by atoms with Crippen LogP contribution in [0.3, 0.4) is 0 Å². The zero-order valence-corrected chi connectivity index (χ0v) is 26.1. The first-order valence-electron chi connectivity index (χ1n) is 13.1. The summed E-state index contributed by atoms with van der Waals surface area (Å²) in [6.45, 7) is -6.22. The van der Waals surface area contributed by atoms with Crippen LogP contribution < -0.4 is 17.0 Å². The number of aromatic nitrogens is 6. The lowest BCUT2D eigenvalue weighted by molar-refractivity contribution is -0.208. The molecule has 0 aromatic carbocycles. The van der Waals surface area contributed by atoms with Gasteiger partial charge in [-0.2, -0.15) is 0 Å². The average molecular weight is 715 g/mol. The van der Waals surface area contributed by atoms with Gasteiger partial charge < -0.3 is 19.4 Å². The van der Waals surface area contributed by atoms with Crippen molar-refractivity contribution in [2.24, 2.45) is 0 Å². The molecule has 6 heterocycles. The third kappa shape index (κ3) is 6.30. The number of rotatable bonds is 6. The van der Waals surface area contributed by atoms with E-state index in [2.05, 4.69) is 19.8 Å². The van der Waals surface area contributed by atoms with Gasteiger partial charge in [-0.1, -0.05) is 0 Å². The van der Waals surface area contributed by atoms with E-state index in [9.17, 15) is 18.7 Å². The fourth-order valence-electron chi connectivity index (χ4n) is 4.98. The van der Waals surface area contributed by atoms with Gasteiger partial charge in [0.2, 0.25) is 0 Å². The summed E-state index contributed by atoms with van der Waals surface area (Å²) in [6, 6.07) is 0.946. The van der Waals surface area contributed by atoms with E-state index in [4.69, 9.17) is 42.2 Å². The largest absolute Gasteiger partial charge is 0.502 e. The molecule has 0 radical (unpaired) electrons. The number of H-pyrrole nitrogens is 1. The first-order chi connectivity index (χ1) is 22.0. The molecule has 2 unspecified atom stereocenters. The van der Waals surface area contributed by atoms with Crippen molar-refractivity contribution in [2.75, 3.05) is 33.2 Å². The minimum absolute atomic E-state index is 0.00828. The number of nitrogen functional groups attached to an aromatic ring is 1. The number of hydrogen-bond donors (Lipinski definition) is 2. The standard InChI is InChI=1S/C21H25F2N7O13P2S/c1-35-43-44(33)37-6-10-15(13(23)19(40-10)30-8-27-14-17(24)25-7-26-18(14)30)42-45(34,46-36-2)38-5-9-12(22)16(41-44)20(39-9)29-4-3-11(31)28-21(29)32/h3-4,7-10,12-13,15-16,19-20H,5-6H2,1-2H3,(H2,24,25,26)(H,28,31,32)/t9-,10-,12-,13-,15-,16-,19-,20-,44?,45?/m1/s1. The van der Waals surface area contributed by atoms with E-state index in [1.54, 1.807) is 0 Å². The van der Waals surface area contributed by atoms with Gasteiger partial charge in [0.15, 0.2) is 36.3 Å². The van der Waals surface area contributed by atoms with Crippen LogP contribution in [0.5, 0.6) is 0 Å². The molecule has 3 aromatic heterocycles. The maximum atomic E-state index is 16.2. The number of anilines is 1. The molecular weight excluding hydrogens is 690 g/mol. The smallest absolute Gasteiger partial charge is 0.382 e. The molecule has 3 N–H and O–H groups in total. The van der Waals surface area contributed by atoms with Gasteiger partial charge in [-0.05, 0) is 0 Å². The molecule has 252 valence electrons. The third-order valence-electron chi connectivity index (χ3n) is 6.94. The van der Waals surface area contributed by atoms with Gasteiger partial charge >= 0.3 is 20.3 Å². The van der Waals surface area contributed by atoms with Crippen LogP contribution >= 0.6 is 26.3 Å². The Kier molecular flexibility index (Phi) is 9.46. The van der Waals surface area contributed by atoms with Crippen molar-refractivity contribution < 1.29 is 59.2 Å². The molecule has 0 amide bonds. The second kappa shape index (κ2) is 13.1. The van der Waals surface area contributed by atoms with E-state index >= 15 is 8.78 Å². The van der Waals surface area contributed by atoms with E-state index in [0.717, 1.165) is 37.4 Å². The van der Waals surface area contributed by atoms with Crippen LogP contribution in [-0.2, 0) is 50.4 Å². The Labute approximate surface area is 259 Å². The number of ether oxygens (including phenoxy) is 2. The lowest BCUT2D eigenvalue weighted by atomic mass is 10.1. The zero-order valence-electron chi connectivity index (χ0n) is 23.5. The number of nitrogens with zero attached hydrogens (tertiary/aromatic N) is 5. The number of halogens is 2. The lowest BCUT2D eigenvalue weighted by Gasteiger charge is -2.27. The Morgan fingerprint density at radius 1 is 1.00 bits per heavy atom. The highest BCUT2D eigenvalue weighted by atomic mass is 32.7. The number of fused-ring (bicyclic) bond motifs is 4.